The molecule has 0 fully saturated rings. The van der Waals surface area contributed by atoms with Gasteiger partial charge < -0.3 is 9.67 Å². The van der Waals surface area contributed by atoms with Crippen molar-refractivity contribution < 1.29 is 14.3 Å². The monoisotopic (exact) mass is 270 g/mol. The van der Waals surface area contributed by atoms with E-state index in [0.29, 0.717) is 16.9 Å². The minimum Gasteiger partial charge on any atom is -0.478 e. The molecule has 2 heterocycles. The van der Waals surface area contributed by atoms with Crippen LogP contribution >= 0.6 is 0 Å². The quantitative estimate of drug-likeness (QED) is 0.778. The van der Waals surface area contributed by atoms with E-state index in [9.17, 15) is 9.18 Å². The number of carboxylic acid groups (broad SMARTS) is 1. The number of hydrogen-bond acceptors (Lipinski definition) is 2. The third-order valence-corrected chi connectivity index (χ3v) is 3.28. The van der Waals surface area contributed by atoms with E-state index in [4.69, 9.17) is 5.11 Å². The van der Waals surface area contributed by atoms with Crippen molar-refractivity contribution in [3.8, 4) is 11.4 Å². The van der Waals surface area contributed by atoms with Crippen LogP contribution in [0.15, 0.2) is 42.6 Å². The summed E-state index contributed by atoms with van der Waals surface area (Å²) in [5, 5.41) is 9.77. The molecule has 0 atom stereocenters. The number of aromatic nitrogens is 2. The van der Waals surface area contributed by atoms with Crippen LogP contribution in [0.1, 0.15) is 10.4 Å². The first-order chi connectivity index (χ1) is 9.58. The van der Waals surface area contributed by atoms with Crippen molar-refractivity contribution in [2.45, 2.75) is 0 Å². The molecule has 0 aliphatic carbocycles. The van der Waals surface area contributed by atoms with Crippen molar-refractivity contribution in [2.75, 3.05) is 0 Å². The van der Waals surface area contributed by atoms with Crippen molar-refractivity contribution in [1.82, 2.24) is 9.55 Å². The Bertz CT molecular complexity index is 824. The Morgan fingerprint density at radius 3 is 2.80 bits per heavy atom. The normalized spacial score (nSPS) is 10.9. The molecule has 0 unspecified atom stereocenters. The van der Waals surface area contributed by atoms with Crippen LogP contribution in [0.3, 0.4) is 0 Å². The average molecular weight is 270 g/mol. The maximum atomic E-state index is 13.8. The second kappa shape index (κ2) is 4.45. The van der Waals surface area contributed by atoms with E-state index in [1.54, 1.807) is 23.7 Å². The van der Waals surface area contributed by atoms with Gasteiger partial charge in [-0.1, -0.05) is 12.1 Å². The maximum absolute atomic E-state index is 13.8. The molecule has 100 valence electrons. The van der Waals surface area contributed by atoms with Crippen LogP contribution < -0.4 is 0 Å². The van der Waals surface area contributed by atoms with Crippen LogP contribution in [0.2, 0.25) is 0 Å². The summed E-state index contributed by atoms with van der Waals surface area (Å²) in [6, 6.07) is 9.55. The predicted octanol–water partition coefficient (Wildman–Crippen LogP) is 3.08. The molecule has 0 saturated carbocycles. The number of benzene rings is 1. The second-order valence-electron chi connectivity index (χ2n) is 4.50. The maximum Gasteiger partial charge on any atom is 0.335 e. The standard InChI is InChI=1S/C15H11FN2O2/c1-18-13(8-9-3-2-4-11(16)14(9)18)12-7-10(15(19)20)5-6-17-12/h2-8H,1H3,(H,19,20). The molecular formula is C15H11FN2O2. The van der Waals surface area contributed by atoms with Crippen LogP contribution in [-0.2, 0) is 7.05 Å². The highest BCUT2D eigenvalue weighted by atomic mass is 19.1. The fourth-order valence-electron chi connectivity index (χ4n) is 2.32. The largest absolute Gasteiger partial charge is 0.478 e. The number of carboxylic acids is 1. The predicted molar refractivity (Wildman–Crippen MR) is 73.1 cm³/mol. The molecule has 3 aromatic rings. The lowest BCUT2D eigenvalue weighted by Crippen LogP contribution is -1.99. The Kier molecular flexibility index (Phi) is 2.75. The fraction of sp³-hybridized carbons (Fsp3) is 0.0667. The van der Waals surface area contributed by atoms with Crippen molar-refractivity contribution in [3.05, 3.63) is 54.0 Å². The molecule has 0 amide bonds. The van der Waals surface area contributed by atoms with Gasteiger partial charge in [0.15, 0.2) is 0 Å². The third kappa shape index (κ3) is 1.84. The van der Waals surface area contributed by atoms with E-state index in [-0.39, 0.29) is 11.4 Å². The summed E-state index contributed by atoms with van der Waals surface area (Å²) in [5.74, 6) is -1.33. The lowest BCUT2D eigenvalue weighted by molar-refractivity contribution is 0.0697. The summed E-state index contributed by atoms with van der Waals surface area (Å²) < 4.78 is 15.5. The van der Waals surface area contributed by atoms with Crippen LogP contribution in [0.4, 0.5) is 4.39 Å². The molecule has 5 heteroatoms. The zero-order valence-corrected chi connectivity index (χ0v) is 10.7. The van der Waals surface area contributed by atoms with Crippen LogP contribution in [0.5, 0.6) is 0 Å². The van der Waals surface area contributed by atoms with Crippen molar-refractivity contribution in [2.24, 2.45) is 7.05 Å². The summed E-state index contributed by atoms with van der Waals surface area (Å²) in [5.41, 5.74) is 1.81. The smallest absolute Gasteiger partial charge is 0.335 e. The number of pyridine rings is 1. The van der Waals surface area contributed by atoms with E-state index in [2.05, 4.69) is 4.98 Å². The number of fused-ring (bicyclic) bond motifs is 1. The summed E-state index contributed by atoms with van der Waals surface area (Å²) in [7, 11) is 1.73. The molecule has 0 radical (unpaired) electrons. The zero-order valence-electron chi connectivity index (χ0n) is 10.7. The Balaban J connectivity index is 2.25. The van der Waals surface area contributed by atoms with E-state index < -0.39 is 5.97 Å². The molecule has 1 aromatic carbocycles. The Morgan fingerprint density at radius 2 is 2.10 bits per heavy atom. The molecule has 0 aliphatic rings. The number of aryl methyl sites for hydroxylation is 1. The van der Waals surface area contributed by atoms with Crippen LogP contribution in [-0.4, -0.2) is 20.6 Å². The Morgan fingerprint density at radius 1 is 1.30 bits per heavy atom. The SMILES string of the molecule is Cn1c(-c2cc(C(=O)O)ccn2)cc2cccc(F)c21. The first-order valence-corrected chi connectivity index (χ1v) is 6.01. The number of rotatable bonds is 2. The molecule has 0 spiro atoms. The lowest BCUT2D eigenvalue weighted by atomic mass is 10.2. The highest BCUT2D eigenvalue weighted by Gasteiger charge is 2.13. The third-order valence-electron chi connectivity index (χ3n) is 3.28. The molecule has 2 aromatic heterocycles. The number of halogens is 1. The number of para-hydroxylation sites is 1. The summed E-state index contributed by atoms with van der Waals surface area (Å²) in [6.45, 7) is 0. The summed E-state index contributed by atoms with van der Waals surface area (Å²) in [4.78, 5) is 15.2. The molecule has 3 rings (SSSR count). The molecule has 0 bridgehead atoms. The van der Waals surface area contributed by atoms with Crippen LogP contribution in [0, 0.1) is 5.82 Å². The van der Waals surface area contributed by atoms with Gasteiger partial charge in [0.25, 0.3) is 0 Å². The molecule has 0 aliphatic heterocycles. The topological polar surface area (TPSA) is 55.1 Å². The van der Waals surface area contributed by atoms with Gasteiger partial charge in [0, 0.05) is 18.6 Å². The molecule has 4 nitrogen and oxygen atoms in total. The van der Waals surface area contributed by atoms with Gasteiger partial charge in [-0.15, -0.1) is 0 Å². The van der Waals surface area contributed by atoms with E-state index in [1.165, 1.54) is 24.4 Å². The molecule has 1 N–H and O–H groups in total. The van der Waals surface area contributed by atoms with Gasteiger partial charge in [0.1, 0.15) is 5.82 Å². The van der Waals surface area contributed by atoms with E-state index in [1.807, 2.05) is 6.07 Å². The minimum absolute atomic E-state index is 0.153. The van der Waals surface area contributed by atoms with Crippen LogP contribution in [0.25, 0.3) is 22.3 Å². The second-order valence-corrected chi connectivity index (χ2v) is 4.50. The van der Waals surface area contributed by atoms with Gasteiger partial charge in [-0.2, -0.15) is 0 Å². The van der Waals surface area contributed by atoms with Gasteiger partial charge in [-0.25, -0.2) is 9.18 Å². The first kappa shape index (κ1) is 12.3. The van der Waals surface area contributed by atoms with Gasteiger partial charge >= 0.3 is 5.97 Å². The highest BCUT2D eigenvalue weighted by Crippen LogP contribution is 2.27. The fourth-order valence-corrected chi connectivity index (χ4v) is 2.32. The number of hydrogen-bond donors (Lipinski definition) is 1. The summed E-state index contributed by atoms with van der Waals surface area (Å²) >= 11 is 0. The lowest BCUT2D eigenvalue weighted by Gasteiger charge is -2.05. The Hall–Kier alpha value is -2.69. The van der Waals surface area contributed by atoms with Crippen molar-refractivity contribution in [3.63, 3.8) is 0 Å². The Labute approximate surface area is 114 Å². The number of aromatic carboxylic acids is 1. The van der Waals surface area contributed by atoms with E-state index in [0.717, 1.165) is 5.39 Å². The zero-order chi connectivity index (χ0) is 14.3. The van der Waals surface area contributed by atoms with Crippen molar-refractivity contribution >= 4 is 16.9 Å². The van der Waals surface area contributed by atoms with Gasteiger partial charge in [0.05, 0.1) is 22.5 Å². The molecular weight excluding hydrogens is 259 g/mol. The van der Waals surface area contributed by atoms with E-state index >= 15 is 0 Å². The number of nitrogens with zero attached hydrogens (tertiary/aromatic N) is 2. The van der Waals surface area contributed by atoms with Gasteiger partial charge in [-0.3, -0.25) is 4.98 Å². The minimum atomic E-state index is -1.02. The first-order valence-electron chi connectivity index (χ1n) is 6.01. The highest BCUT2D eigenvalue weighted by molar-refractivity contribution is 5.90. The van der Waals surface area contributed by atoms with Crippen molar-refractivity contribution in [1.29, 1.82) is 0 Å². The number of carbonyl (C=O) groups is 1. The average Bonchev–Trinajstić information content (AvgIpc) is 2.77. The molecule has 0 saturated heterocycles. The molecule has 20 heavy (non-hydrogen) atoms. The van der Waals surface area contributed by atoms with Gasteiger partial charge in [-0.05, 0) is 24.3 Å². The van der Waals surface area contributed by atoms with Gasteiger partial charge in [0.2, 0.25) is 0 Å². The summed E-state index contributed by atoms with van der Waals surface area (Å²) in [6.07, 6.45) is 1.44.